The van der Waals surface area contributed by atoms with Gasteiger partial charge in [-0.25, -0.2) is 0 Å². The normalized spacial score (nSPS) is 17.1. The molecule has 1 N–H and O–H groups in total. The number of benzene rings is 1. The molecule has 0 saturated carbocycles. The number of carboxylic acid groups (broad SMARTS) is 1. The van der Waals surface area contributed by atoms with Crippen LogP contribution in [-0.4, -0.2) is 50.2 Å². The molecular formula is C22H31NO4S2. The Bertz CT molecular complexity index is 748. The van der Waals surface area contributed by atoms with Crippen molar-refractivity contribution in [2.24, 2.45) is 5.41 Å². The number of carboxylic acids is 1. The zero-order valence-electron chi connectivity index (χ0n) is 17.8. The lowest BCUT2D eigenvalue weighted by atomic mass is 9.66. The van der Waals surface area contributed by atoms with E-state index in [-0.39, 0.29) is 11.9 Å². The van der Waals surface area contributed by atoms with E-state index in [1.807, 2.05) is 69.9 Å². The van der Waals surface area contributed by atoms with Crippen LogP contribution < -0.4 is 0 Å². The average molecular weight is 438 g/mol. The summed E-state index contributed by atoms with van der Waals surface area (Å²) in [5.41, 5.74) is -0.0271. The summed E-state index contributed by atoms with van der Waals surface area (Å²) < 4.78 is 5.37. The van der Waals surface area contributed by atoms with Crippen LogP contribution >= 0.6 is 24.0 Å². The maximum absolute atomic E-state index is 12.8. The quantitative estimate of drug-likeness (QED) is 0.595. The van der Waals surface area contributed by atoms with Crippen molar-refractivity contribution in [1.82, 2.24) is 4.90 Å². The van der Waals surface area contributed by atoms with Gasteiger partial charge >= 0.3 is 5.97 Å². The molecule has 7 heteroatoms. The van der Waals surface area contributed by atoms with Crippen molar-refractivity contribution >= 4 is 40.2 Å². The molecule has 0 bridgehead atoms. The Morgan fingerprint density at radius 3 is 2.38 bits per heavy atom. The second-order valence-corrected chi connectivity index (χ2v) is 10.7. The highest BCUT2D eigenvalue weighted by molar-refractivity contribution is 8.23. The van der Waals surface area contributed by atoms with Crippen molar-refractivity contribution in [3.63, 3.8) is 0 Å². The van der Waals surface area contributed by atoms with Crippen molar-refractivity contribution in [1.29, 1.82) is 0 Å². The Labute approximate surface area is 183 Å². The second kappa shape index (κ2) is 9.47. The van der Waals surface area contributed by atoms with Gasteiger partial charge in [0.1, 0.15) is 0 Å². The summed E-state index contributed by atoms with van der Waals surface area (Å²) >= 11 is 6.78. The number of thiocarbonyl (C=S) groups is 1. The molecule has 0 radical (unpaired) electrons. The fourth-order valence-electron chi connectivity index (χ4n) is 4.73. The lowest BCUT2D eigenvalue weighted by Crippen LogP contribution is -2.59. The monoisotopic (exact) mass is 437 g/mol. The van der Waals surface area contributed by atoms with Crippen LogP contribution in [0.3, 0.4) is 0 Å². The Morgan fingerprint density at radius 2 is 1.90 bits per heavy atom. The highest BCUT2D eigenvalue weighted by Gasteiger charge is 2.53. The van der Waals surface area contributed by atoms with Gasteiger partial charge in [0.2, 0.25) is 10.3 Å². The zero-order valence-corrected chi connectivity index (χ0v) is 19.4. The minimum Gasteiger partial charge on any atom is -0.481 e. The number of aliphatic carboxylic acids is 1. The van der Waals surface area contributed by atoms with Crippen molar-refractivity contribution in [2.75, 3.05) is 13.2 Å². The summed E-state index contributed by atoms with van der Waals surface area (Å²) in [7, 11) is 0. The first-order valence-corrected chi connectivity index (χ1v) is 11.2. The molecule has 1 fully saturated rings. The molecule has 1 heterocycles. The third kappa shape index (κ3) is 5.31. The number of rotatable bonds is 8. The Morgan fingerprint density at radius 1 is 1.28 bits per heavy atom. The molecule has 2 unspecified atom stereocenters. The fraction of sp³-hybridized carbons (Fsp3) is 0.591. The number of carbonyl (C=O) groups is 2. The van der Waals surface area contributed by atoms with E-state index in [1.54, 1.807) is 0 Å². The molecule has 1 aromatic carbocycles. The van der Waals surface area contributed by atoms with Crippen molar-refractivity contribution < 1.29 is 19.4 Å². The molecular weight excluding hydrogens is 406 g/mol. The molecule has 5 nitrogen and oxygen atoms in total. The van der Waals surface area contributed by atoms with Crippen molar-refractivity contribution in [2.45, 2.75) is 64.2 Å². The predicted octanol–water partition coefficient (Wildman–Crippen LogP) is 4.71. The molecule has 0 aromatic heterocycles. The molecule has 2 rings (SSSR count). The van der Waals surface area contributed by atoms with Gasteiger partial charge in [-0.2, -0.15) is 0 Å². The molecule has 0 spiro atoms. The van der Waals surface area contributed by atoms with E-state index >= 15 is 0 Å². The van der Waals surface area contributed by atoms with Crippen LogP contribution in [0.1, 0.15) is 58.9 Å². The fourth-order valence-corrected chi connectivity index (χ4v) is 6.64. The van der Waals surface area contributed by atoms with E-state index in [9.17, 15) is 14.7 Å². The summed E-state index contributed by atoms with van der Waals surface area (Å²) in [6.07, 6.45) is 1.28. The summed E-state index contributed by atoms with van der Waals surface area (Å²) in [5.74, 6) is -1.61. The highest BCUT2D eigenvalue weighted by atomic mass is 32.2. The largest absolute Gasteiger partial charge is 0.481 e. The van der Waals surface area contributed by atoms with E-state index < -0.39 is 22.0 Å². The molecule has 1 aliphatic heterocycles. The number of ether oxygens (including phenoxy) is 1. The molecule has 2 atom stereocenters. The second-order valence-electron chi connectivity index (χ2n) is 8.49. The number of nitrogens with zero attached hydrogens (tertiary/aromatic N) is 1. The van der Waals surface area contributed by atoms with Gasteiger partial charge in [0.05, 0.1) is 18.6 Å². The van der Waals surface area contributed by atoms with Gasteiger partial charge in [-0.05, 0) is 45.0 Å². The van der Waals surface area contributed by atoms with E-state index in [0.29, 0.717) is 24.0 Å². The summed E-state index contributed by atoms with van der Waals surface area (Å²) in [6.45, 7) is 10.9. The maximum Gasteiger partial charge on any atom is 0.311 e. The first-order chi connectivity index (χ1) is 13.5. The number of carbonyl (C=O) groups excluding carboxylic acids is 1. The Kier molecular flexibility index (Phi) is 7.74. The van der Waals surface area contributed by atoms with Crippen LogP contribution in [0.4, 0.5) is 0 Å². The average Bonchev–Trinajstić information content (AvgIpc) is 2.99. The van der Waals surface area contributed by atoms with Gasteiger partial charge in [-0.15, -0.1) is 0 Å². The van der Waals surface area contributed by atoms with Crippen molar-refractivity contribution in [3.8, 4) is 0 Å². The van der Waals surface area contributed by atoms with Crippen LogP contribution in [0.25, 0.3) is 0 Å². The number of likely N-dealkylation sites (tertiary alicyclic amines) is 1. The highest BCUT2D eigenvalue weighted by Crippen LogP contribution is 2.49. The number of thioether (sulfide) groups is 1. The predicted molar refractivity (Wildman–Crippen MR) is 121 cm³/mol. The third-order valence-electron chi connectivity index (χ3n) is 5.52. The molecule has 160 valence electrons. The van der Waals surface area contributed by atoms with Gasteiger partial charge in [-0.1, -0.05) is 55.9 Å². The lowest BCUT2D eigenvalue weighted by Gasteiger charge is -2.50. The lowest BCUT2D eigenvalue weighted by molar-refractivity contribution is -0.146. The number of hydrogen-bond donors (Lipinski definition) is 1. The van der Waals surface area contributed by atoms with Gasteiger partial charge < -0.3 is 14.7 Å². The van der Waals surface area contributed by atoms with Crippen LogP contribution in [0, 0.1) is 5.41 Å². The Hall–Kier alpha value is -1.60. The molecule has 1 amide bonds. The van der Waals surface area contributed by atoms with Gasteiger partial charge in [-0.3, -0.25) is 9.59 Å². The topological polar surface area (TPSA) is 66.8 Å². The van der Waals surface area contributed by atoms with Crippen LogP contribution in [0.2, 0.25) is 0 Å². The van der Waals surface area contributed by atoms with Crippen LogP contribution in [0.5, 0.6) is 0 Å². The van der Waals surface area contributed by atoms with Crippen LogP contribution in [-0.2, 0) is 14.3 Å². The standard InChI is InChI=1S/C22H31NO4S2/c1-6-27-20(28)29-22(4,5)19(23-14-10-13-16(23)24)21(2,3)17(18(25)26)15-11-8-7-9-12-15/h7-9,11-12,17,19H,6,10,13-14H2,1-5H3,(H,25,26). The minimum absolute atomic E-state index is 0.0660. The molecule has 1 aliphatic rings. The van der Waals surface area contributed by atoms with Gasteiger partial charge in [0.25, 0.3) is 0 Å². The molecule has 0 aliphatic carbocycles. The molecule has 1 saturated heterocycles. The third-order valence-corrected chi connectivity index (χ3v) is 6.92. The van der Waals surface area contributed by atoms with Gasteiger partial charge in [0, 0.05) is 23.1 Å². The summed E-state index contributed by atoms with van der Waals surface area (Å²) in [5, 5.41) is 10.2. The van der Waals surface area contributed by atoms with Crippen molar-refractivity contribution in [3.05, 3.63) is 35.9 Å². The first-order valence-electron chi connectivity index (χ1n) is 9.95. The SMILES string of the molecule is CCOC(=S)SC(C)(C)C(N1CCCC1=O)C(C)(C)C(C(=O)O)c1ccccc1. The number of amides is 1. The maximum atomic E-state index is 12.8. The van der Waals surface area contributed by atoms with E-state index in [0.717, 1.165) is 12.0 Å². The summed E-state index contributed by atoms with van der Waals surface area (Å²) in [6, 6.07) is 8.90. The smallest absolute Gasteiger partial charge is 0.311 e. The zero-order chi connectivity index (χ0) is 21.8. The van der Waals surface area contributed by atoms with E-state index in [1.165, 1.54) is 11.8 Å². The van der Waals surface area contributed by atoms with E-state index in [2.05, 4.69) is 0 Å². The van der Waals surface area contributed by atoms with Crippen LogP contribution in [0.15, 0.2) is 30.3 Å². The molecule has 1 aromatic rings. The minimum atomic E-state index is -0.897. The molecule has 29 heavy (non-hydrogen) atoms. The summed E-state index contributed by atoms with van der Waals surface area (Å²) in [4.78, 5) is 27.1. The van der Waals surface area contributed by atoms with E-state index in [4.69, 9.17) is 17.0 Å². The number of hydrogen-bond acceptors (Lipinski definition) is 5. The Balaban J connectivity index is 2.54. The first kappa shape index (κ1) is 23.7. The van der Waals surface area contributed by atoms with Gasteiger partial charge in [0.15, 0.2) is 0 Å².